The van der Waals surface area contributed by atoms with Gasteiger partial charge in [0.15, 0.2) is 11.5 Å². The first-order valence-electron chi connectivity index (χ1n) is 9.51. The maximum Gasteiger partial charge on any atom is 0.197 e. The van der Waals surface area contributed by atoms with Crippen LogP contribution in [0.4, 0.5) is 4.39 Å². The van der Waals surface area contributed by atoms with Crippen molar-refractivity contribution in [1.29, 1.82) is 0 Å². The lowest BCUT2D eigenvalue weighted by Gasteiger charge is -2.57. The molecule has 4 aliphatic carbocycles. The molecule has 0 aromatic rings. The molecule has 3 saturated carbocycles. The highest BCUT2D eigenvalue weighted by atomic mass is 19.1. The van der Waals surface area contributed by atoms with Crippen LogP contribution in [0.25, 0.3) is 0 Å². The third kappa shape index (κ3) is 2.09. The summed E-state index contributed by atoms with van der Waals surface area (Å²) >= 11 is 0. The summed E-state index contributed by atoms with van der Waals surface area (Å²) in [5.41, 5.74) is 0.974. The second-order valence-electron chi connectivity index (χ2n) is 8.88. The van der Waals surface area contributed by atoms with Gasteiger partial charge in [-0.25, -0.2) is 4.39 Å². The van der Waals surface area contributed by atoms with Gasteiger partial charge >= 0.3 is 0 Å². The van der Waals surface area contributed by atoms with E-state index in [1.807, 2.05) is 0 Å². The van der Waals surface area contributed by atoms with Crippen LogP contribution in [-0.4, -0.2) is 18.7 Å². The van der Waals surface area contributed by atoms with E-state index in [-0.39, 0.29) is 16.6 Å². The molecule has 4 rings (SSSR count). The van der Waals surface area contributed by atoms with Crippen molar-refractivity contribution in [2.24, 2.45) is 28.6 Å². The zero-order chi connectivity index (χ0) is 18.0. The molecule has 0 unspecified atom stereocenters. The number of Topliss-reactive ketones (excluding diaryl/α,β-unsaturated/α-hetero) is 2. The number of carbonyl (C=O) groups is 2. The van der Waals surface area contributed by atoms with Gasteiger partial charge in [0.2, 0.25) is 0 Å². The molecular weight excluding hydrogens is 319 g/mol. The van der Waals surface area contributed by atoms with Crippen LogP contribution in [0, 0.1) is 28.6 Å². The Kier molecular flexibility index (Phi) is 3.75. The number of ether oxygens (including phenoxy) is 1. The van der Waals surface area contributed by atoms with E-state index in [4.69, 9.17) is 4.74 Å². The van der Waals surface area contributed by atoms with E-state index in [0.29, 0.717) is 60.5 Å². The molecular formula is C21H27FO3. The van der Waals surface area contributed by atoms with Crippen LogP contribution in [0.3, 0.4) is 0 Å². The quantitative estimate of drug-likeness (QED) is 0.701. The average Bonchev–Trinajstić information content (AvgIpc) is 2.90. The van der Waals surface area contributed by atoms with Crippen LogP contribution in [0.15, 0.2) is 23.2 Å². The molecule has 0 spiro atoms. The molecule has 0 radical (unpaired) electrons. The molecule has 0 heterocycles. The Hall–Kier alpha value is -1.45. The number of hydrogen-bond acceptors (Lipinski definition) is 3. The van der Waals surface area contributed by atoms with Crippen LogP contribution in [0.2, 0.25) is 0 Å². The zero-order valence-electron chi connectivity index (χ0n) is 15.4. The van der Waals surface area contributed by atoms with Gasteiger partial charge in [-0.05, 0) is 55.4 Å². The summed E-state index contributed by atoms with van der Waals surface area (Å²) in [4.78, 5) is 24.8. The molecule has 25 heavy (non-hydrogen) atoms. The standard InChI is InChI=1S/C21H27FO3/c1-20-8-6-15-13(14(20)4-5-17(20)24)10-12(11-22)18-19(25-3)16(23)7-9-21(15,18)2/h11,13-15H,4-10H2,1-3H3/t13-,14-,15-,20-,21+/m0/s1. The lowest BCUT2D eigenvalue weighted by molar-refractivity contribution is -0.132. The Balaban J connectivity index is 1.83. The van der Waals surface area contributed by atoms with E-state index in [1.54, 1.807) is 0 Å². The summed E-state index contributed by atoms with van der Waals surface area (Å²) in [5, 5.41) is 0. The fourth-order valence-electron chi connectivity index (χ4n) is 6.70. The fraction of sp³-hybridized carbons (Fsp3) is 0.714. The summed E-state index contributed by atoms with van der Waals surface area (Å²) in [5.74, 6) is 1.82. The Morgan fingerprint density at radius 3 is 2.48 bits per heavy atom. The first-order valence-corrected chi connectivity index (χ1v) is 9.51. The first-order chi connectivity index (χ1) is 11.9. The highest BCUT2D eigenvalue weighted by Crippen LogP contribution is 2.66. The van der Waals surface area contributed by atoms with Gasteiger partial charge in [0.25, 0.3) is 0 Å². The van der Waals surface area contributed by atoms with Gasteiger partial charge < -0.3 is 4.74 Å². The second-order valence-corrected chi connectivity index (χ2v) is 8.88. The number of methoxy groups -OCH3 is 1. The largest absolute Gasteiger partial charge is 0.493 e. The molecule has 5 atom stereocenters. The Labute approximate surface area is 148 Å². The topological polar surface area (TPSA) is 43.4 Å². The molecule has 4 aliphatic rings. The van der Waals surface area contributed by atoms with E-state index in [9.17, 15) is 14.0 Å². The monoisotopic (exact) mass is 346 g/mol. The van der Waals surface area contributed by atoms with Crippen LogP contribution >= 0.6 is 0 Å². The van der Waals surface area contributed by atoms with Crippen molar-refractivity contribution in [1.82, 2.24) is 0 Å². The normalized spacial score (nSPS) is 45.3. The maximum absolute atomic E-state index is 13.9. The lowest BCUT2D eigenvalue weighted by Crippen LogP contribution is -2.51. The van der Waals surface area contributed by atoms with Crippen molar-refractivity contribution in [3.8, 4) is 0 Å². The predicted octanol–water partition coefficient (Wildman–Crippen LogP) is 4.52. The minimum Gasteiger partial charge on any atom is -0.493 e. The molecule has 3 fully saturated rings. The van der Waals surface area contributed by atoms with Crippen molar-refractivity contribution in [3.63, 3.8) is 0 Å². The number of carbonyl (C=O) groups excluding carboxylic acids is 2. The van der Waals surface area contributed by atoms with Crippen molar-refractivity contribution in [2.45, 2.75) is 58.8 Å². The van der Waals surface area contributed by atoms with Crippen LogP contribution in [0.5, 0.6) is 0 Å². The van der Waals surface area contributed by atoms with Gasteiger partial charge in [-0.3, -0.25) is 9.59 Å². The van der Waals surface area contributed by atoms with Gasteiger partial charge in [-0.1, -0.05) is 13.8 Å². The highest BCUT2D eigenvalue weighted by Gasteiger charge is 2.60. The minimum absolute atomic E-state index is 0.00975. The van der Waals surface area contributed by atoms with E-state index < -0.39 is 0 Å². The third-order valence-corrected chi connectivity index (χ3v) is 8.00. The summed E-state index contributed by atoms with van der Waals surface area (Å²) in [7, 11) is 1.52. The van der Waals surface area contributed by atoms with Crippen molar-refractivity contribution >= 4 is 11.6 Å². The zero-order valence-corrected chi connectivity index (χ0v) is 15.4. The molecule has 0 aromatic heterocycles. The van der Waals surface area contributed by atoms with Gasteiger partial charge in [0.05, 0.1) is 13.4 Å². The molecule has 0 bridgehead atoms. The SMILES string of the molecule is COC1=C2C(=CF)C[C@@H]3[C@H](CC[C@]4(C)C(=O)CC[C@@H]34)[C@@]2(C)CCC1=O. The Morgan fingerprint density at radius 2 is 1.80 bits per heavy atom. The highest BCUT2D eigenvalue weighted by molar-refractivity contribution is 5.96. The smallest absolute Gasteiger partial charge is 0.197 e. The van der Waals surface area contributed by atoms with Gasteiger partial charge in [-0.2, -0.15) is 0 Å². The molecule has 0 N–H and O–H groups in total. The third-order valence-electron chi connectivity index (χ3n) is 8.00. The van der Waals surface area contributed by atoms with Crippen molar-refractivity contribution < 1.29 is 18.7 Å². The van der Waals surface area contributed by atoms with Crippen LogP contribution in [0.1, 0.15) is 58.8 Å². The van der Waals surface area contributed by atoms with E-state index in [2.05, 4.69) is 13.8 Å². The molecule has 136 valence electrons. The number of hydrogen-bond donors (Lipinski definition) is 0. The molecule has 0 aliphatic heterocycles. The summed E-state index contributed by atoms with van der Waals surface area (Å²) in [6, 6.07) is 0. The molecule has 0 amide bonds. The number of allylic oxidation sites excluding steroid dienone is 2. The average molecular weight is 346 g/mol. The molecule has 0 aromatic carbocycles. The minimum atomic E-state index is -0.229. The molecule has 3 nitrogen and oxygen atoms in total. The van der Waals surface area contributed by atoms with Crippen LogP contribution in [-0.2, 0) is 14.3 Å². The van der Waals surface area contributed by atoms with Gasteiger partial charge in [0, 0.05) is 29.2 Å². The number of ketones is 2. The van der Waals surface area contributed by atoms with Crippen molar-refractivity contribution in [2.75, 3.05) is 7.11 Å². The number of halogens is 1. The second kappa shape index (κ2) is 5.52. The van der Waals surface area contributed by atoms with Gasteiger partial charge in [-0.15, -0.1) is 0 Å². The van der Waals surface area contributed by atoms with E-state index in [0.717, 1.165) is 31.3 Å². The lowest BCUT2D eigenvalue weighted by atomic mass is 9.46. The maximum atomic E-state index is 13.9. The first kappa shape index (κ1) is 17.0. The molecule has 0 saturated heterocycles. The number of rotatable bonds is 1. The summed E-state index contributed by atoms with van der Waals surface area (Å²) < 4.78 is 19.3. The van der Waals surface area contributed by atoms with Crippen LogP contribution < -0.4 is 0 Å². The number of fused-ring (bicyclic) bond motifs is 5. The molecule has 4 heteroatoms. The summed E-state index contributed by atoms with van der Waals surface area (Å²) in [6.07, 6.45) is 6.03. The summed E-state index contributed by atoms with van der Waals surface area (Å²) in [6.45, 7) is 4.31. The Morgan fingerprint density at radius 1 is 1.08 bits per heavy atom. The van der Waals surface area contributed by atoms with Gasteiger partial charge in [0.1, 0.15) is 5.78 Å². The van der Waals surface area contributed by atoms with Crippen molar-refractivity contribution in [3.05, 3.63) is 23.2 Å². The van der Waals surface area contributed by atoms with E-state index >= 15 is 0 Å². The fourth-order valence-corrected chi connectivity index (χ4v) is 6.70. The Bertz CT molecular complexity index is 706. The predicted molar refractivity (Wildman–Crippen MR) is 92.2 cm³/mol. The van der Waals surface area contributed by atoms with E-state index in [1.165, 1.54) is 7.11 Å².